The summed E-state index contributed by atoms with van der Waals surface area (Å²) in [7, 11) is -4.17. The zero-order valence-corrected chi connectivity index (χ0v) is 25.9. The van der Waals surface area contributed by atoms with Gasteiger partial charge >= 0.3 is 18.0 Å². The summed E-state index contributed by atoms with van der Waals surface area (Å²) < 4.78 is 38.9. The number of carbonyl (C=O) groups is 3. The normalized spacial score (nSPS) is 23.6. The molecule has 3 aromatic rings. The third-order valence-corrected chi connectivity index (χ3v) is 11.6. The Bertz CT molecular complexity index is 1680. The van der Waals surface area contributed by atoms with E-state index in [1.165, 1.54) is 24.3 Å². The zero-order valence-electron chi connectivity index (χ0n) is 24.3. The SMILES string of the molecule is O=C(NC(c1ccccc1)c1cccc(OC(=O)c2cccc(S(=O)(=O)N3CCS[C@H]3C(=O)O)c2)c1)O[C@H]1CN2CCC1CC2. The average Bonchev–Trinajstić information content (AvgIpc) is 3.57. The molecule has 1 unspecified atom stereocenters. The highest BCUT2D eigenvalue weighted by Crippen LogP contribution is 2.32. The van der Waals surface area contributed by atoms with Crippen LogP contribution in [0.25, 0.3) is 0 Å². The summed E-state index contributed by atoms with van der Waals surface area (Å²) in [6.07, 6.45) is 1.35. The number of carboxylic acid groups (broad SMARTS) is 1. The summed E-state index contributed by atoms with van der Waals surface area (Å²) in [5.74, 6) is -1.13. The van der Waals surface area contributed by atoms with Crippen LogP contribution in [-0.4, -0.2) is 84.2 Å². The second-order valence-corrected chi connectivity index (χ2v) is 14.3. The number of benzene rings is 3. The van der Waals surface area contributed by atoms with Crippen molar-refractivity contribution in [3.8, 4) is 5.75 Å². The molecule has 7 rings (SSSR count). The fraction of sp³-hybridized carbons (Fsp3) is 0.344. The van der Waals surface area contributed by atoms with E-state index in [9.17, 15) is 27.9 Å². The van der Waals surface area contributed by atoms with Crippen LogP contribution in [0.2, 0.25) is 0 Å². The van der Waals surface area contributed by atoms with Crippen molar-refractivity contribution in [1.82, 2.24) is 14.5 Å². The molecule has 4 heterocycles. The van der Waals surface area contributed by atoms with Crippen molar-refractivity contribution in [2.45, 2.75) is 35.3 Å². The number of piperidine rings is 3. The number of alkyl carbamates (subject to hydrolysis) is 1. The molecule has 0 spiro atoms. The van der Waals surface area contributed by atoms with Gasteiger partial charge in [-0.05, 0) is 73.3 Å². The largest absolute Gasteiger partial charge is 0.479 e. The lowest BCUT2D eigenvalue weighted by atomic mass is 9.86. The van der Waals surface area contributed by atoms with Crippen LogP contribution < -0.4 is 10.1 Å². The topological polar surface area (TPSA) is 143 Å². The van der Waals surface area contributed by atoms with Gasteiger partial charge in [-0.1, -0.05) is 48.5 Å². The summed E-state index contributed by atoms with van der Waals surface area (Å²) >= 11 is 1.03. The first-order valence-corrected chi connectivity index (χ1v) is 17.2. The summed E-state index contributed by atoms with van der Waals surface area (Å²) in [6.45, 7) is 2.86. The molecule has 2 N–H and O–H groups in total. The number of ether oxygens (including phenoxy) is 2. The van der Waals surface area contributed by atoms with E-state index in [1.807, 2.05) is 36.4 Å². The van der Waals surface area contributed by atoms with Crippen molar-refractivity contribution < 1.29 is 37.4 Å². The van der Waals surface area contributed by atoms with Gasteiger partial charge in [0.05, 0.1) is 16.5 Å². The Labute approximate surface area is 265 Å². The fourth-order valence-electron chi connectivity index (χ4n) is 6.08. The van der Waals surface area contributed by atoms with Gasteiger partial charge in [-0.15, -0.1) is 11.8 Å². The van der Waals surface area contributed by atoms with Gasteiger partial charge in [0.2, 0.25) is 10.0 Å². The number of esters is 1. The van der Waals surface area contributed by atoms with Crippen molar-refractivity contribution in [2.75, 3.05) is 31.9 Å². The lowest BCUT2D eigenvalue weighted by Gasteiger charge is -2.43. The Hall–Kier alpha value is -3.91. The third-order valence-electron chi connectivity index (χ3n) is 8.39. The Balaban J connectivity index is 1.19. The van der Waals surface area contributed by atoms with Crippen LogP contribution in [0.4, 0.5) is 4.79 Å². The number of sulfonamides is 1. The van der Waals surface area contributed by atoms with Crippen molar-refractivity contribution in [1.29, 1.82) is 0 Å². The maximum absolute atomic E-state index is 13.2. The van der Waals surface area contributed by atoms with E-state index < -0.39 is 39.5 Å². The highest BCUT2D eigenvalue weighted by Gasteiger charge is 2.40. The first-order valence-electron chi connectivity index (χ1n) is 14.7. The Morgan fingerprint density at radius 2 is 1.64 bits per heavy atom. The molecule has 4 saturated heterocycles. The molecule has 236 valence electrons. The molecule has 45 heavy (non-hydrogen) atoms. The lowest BCUT2D eigenvalue weighted by Crippen LogP contribution is -2.52. The molecule has 0 aliphatic carbocycles. The Morgan fingerprint density at radius 3 is 2.36 bits per heavy atom. The molecule has 4 fully saturated rings. The van der Waals surface area contributed by atoms with E-state index in [2.05, 4.69) is 10.2 Å². The number of hydrogen-bond donors (Lipinski definition) is 2. The van der Waals surface area contributed by atoms with Crippen molar-refractivity contribution in [2.24, 2.45) is 5.92 Å². The van der Waals surface area contributed by atoms with Gasteiger partial charge in [-0.2, -0.15) is 4.31 Å². The molecular weight excluding hydrogens is 618 g/mol. The van der Waals surface area contributed by atoms with Crippen LogP contribution in [0.15, 0.2) is 83.8 Å². The van der Waals surface area contributed by atoms with Crippen molar-refractivity contribution >= 4 is 39.8 Å². The molecule has 13 heteroatoms. The summed E-state index contributed by atoms with van der Waals surface area (Å²) in [6, 6.07) is 20.9. The molecule has 4 aliphatic heterocycles. The lowest BCUT2D eigenvalue weighted by molar-refractivity contribution is -0.138. The monoisotopic (exact) mass is 651 g/mol. The average molecular weight is 652 g/mol. The fourth-order valence-corrected chi connectivity index (χ4v) is 9.12. The summed E-state index contributed by atoms with van der Waals surface area (Å²) in [4.78, 5) is 40.0. The van der Waals surface area contributed by atoms with Crippen LogP contribution in [-0.2, 0) is 19.6 Å². The van der Waals surface area contributed by atoms with Gasteiger partial charge in [-0.25, -0.2) is 22.8 Å². The summed E-state index contributed by atoms with van der Waals surface area (Å²) in [5, 5.41) is 11.2. The van der Waals surface area contributed by atoms with Crippen molar-refractivity contribution in [3.05, 3.63) is 95.6 Å². The number of rotatable bonds is 9. The number of carbonyl (C=O) groups excluding carboxylic acids is 2. The number of amides is 1. The van der Waals surface area contributed by atoms with Crippen LogP contribution in [0, 0.1) is 5.92 Å². The van der Waals surface area contributed by atoms with E-state index in [4.69, 9.17) is 9.47 Å². The number of carboxylic acids is 1. The Morgan fingerprint density at radius 1 is 0.911 bits per heavy atom. The van der Waals surface area contributed by atoms with E-state index in [0.29, 0.717) is 17.2 Å². The molecule has 2 bridgehead atoms. The highest BCUT2D eigenvalue weighted by molar-refractivity contribution is 8.02. The highest BCUT2D eigenvalue weighted by atomic mass is 32.2. The van der Waals surface area contributed by atoms with Crippen molar-refractivity contribution in [3.63, 3.8) is 0 Å². The van der Waals surface area contributed by atoms with E-state index in [0.717, 1.165) is 54.1 Å². The molecule has 11 nitrogen and oxygen atoms in total. The number of nitrogens with zero attached hydrogens (tertiary/aromatic N) is 2. The van der Waals surface area contributed by atoms with Gasteiger partial charge in [-0.3, -0.25) is 4.90 Å². The van der Waals surface area contributed by atoms with E-state index >= 15 is 0 Å². The zero-order chi connectivity index (χ0) is 31.6. The van der Waals surface area contributed by atoms with Gasteiger partial charge < -0.3 is 19.9 Å². The van der Waals surface area contributed by atoms with E-state index in [-0.39, 0.29) is 28.9 Å². The molecular formula is C32H33N3O8S2. The molecule has 1 amide bonds. The number of fused-ring (bicyclic) bond motifs is 3. The molecule has 0 saturated carbocycles. The third kappa shape index (κ3) is 6.86. The molecule has 4 aliphatic rings. The van der Waals surface area contributed by atoms with Crippen LogP contribution in [0.5, 0.6) is 5.75 Å². The molecule has 0 aromatic heterocycles. The maximum atomic E-state index is 13.2. The number of thioether (sulfide) groups is 1. The second kappa shape index (κ2) is 13.2. The standard InChI is InChI=1S/C32H33N3O8S2/c36-30(37)29-35(16-17-44-29)45(40,41)26-11-5-9-24(19-26)31(38)42-25-10-4-8-23(18-25)28(22-6-2-1-3-7-22)33-32(39)43-27-20-34-14-12-21(27)13-15-34/h1-11,18-19,21,27-29H,12-17,20H2,(H,33,39)(H,36,37)/t27-,28?,29-/m0/s1. The molecule has 0 radical (unpaired) electrons. The minimum absolute atomic E-state index is 0.0148. The predicted molar refractivity (Wildman–Crippen MR) is 166 cm³/mol. The first-order chi connectivity index (χ1) is 21.7. The summed E-state index contributed by atoms with van der Waals surface area (Å²) in [5.41, 5.74) is 1.45. The molecule has 3 aromatic carbocycles. The van der Waals surface area contributed by atoms with Crippen LogP contribution in [0.3, 0.4) is 0 Å². The smallest absolute Gasteiger partial charge is 0.408 e. The quantitative estimate of drug-likeness (QED) is 0.258. The van der Waals surface area contributed by atoms with Gasteiger partial charge in [0, 0.05) is 18.8 Å². The number of hydrogen-bond acceptors (Lipinski definition) is 9. The van der Waals surface area contributed by atoms with Gasteiger partial charge in [0.1, 0.15) is 11.9 Å². The number of aliphatic carboxylic acids is 1. The van der Waals surface area contributed by atoms with Crippen LogP contribution >= 0.6 is 11.8 Å². The Kier molecular flexibility index (Phi) is 9.13. The minimum Gasteiger partial charge on any atom is -0.479 e. The number of nitrogens with one attached hydrogen (secondary N) is 1. The van der Waals surface area contributed by atoms with Gasteiger partial charge in [0.15, 0.2) is 5.37 Å². The second-order valence-electron chi connectivity index (χ2n) is 11.2. The molecule has 3 atom stereocenters. The van der Waals surface area contributed by atoms with E-state index in [1.54, 1.807) is 18.2 Å². The maximum Gasteiger partial charge on any atom is 0.408 e. The first kappa shape index (κ1) is 31.1. The van der Waals surface area contributed by atoms with Gasteiger partial charge in [0.25, 0.3) is 0 Å². The van der Waals surface area contributed by atoms with Crippen LogP contribution in [0.1, 0.15) is 40.4 Å². The minimum atomic E-state index is -4.17. The predicted octanol–water partition coefficient (Wildman–Crippen LogP) is 3.96.